The summed E-state index contributed by atoms with van der Waals surface area (Å²) in [6.45, 7) is 10.8. The molecular weight excluding hydrogens is 430 g/mol. The van der Waals surface area contributed by atoms with E-state index < -0.39 is 0 Å². The minimum Gasteiger partial charge on any atom is -0.378 e. The number of hydrogen-bond donors (Lipinski definition) is 3. The number of anilines is 2. The van der Waals surface area contributed by atoms with Crippen LogP contribution in [-0.4, -0.2) is 52.7 Å². The van der Waals surface area contributed by atoms with Gasteiger partial charge in [-0.15, -0.1) is 0 Å². The van der Waals surface area contributed by atoms with Crippen LogP contribution < -0.4 is 15.7 Å². The smallest absolute Gasteiger partial charge is 0.275 e. The highest BCUT2D eigenvalue weighted by atomic mass is 16.5. The van der Waals surface area contributed by atoms with E-state index in [-0.39, 0.29) is 16.9 Å². The van der Waals surface area contributed by atoms with Gasteiger partial charge in [0.1, 0.15) is 17.0 Å². The molecule has 0 bridgehead atoms. The Bertz CT molecular complexity index is 1280. The first-order valence-corrected chi connectivity index (χ1v) is 11.3. The zero-order valence-corrected chi connectivity index (χ0v) is 20.1. The van der Waals surface area contributed by atoms with E-state index in [1.165, 1.54) is 0 Å². The van der Waals surface area contributed by atoms with Crippen LogP contribution in [0.5, 0.6) is 0 Å². The van der Waals surface area contributed by atoms with Gasteiger partial charge in [0.15, 0.2) is 0 Å². The Morgan fingerprint density at radius 2 is 1.91 bits per heavy atom. The molecule has 4 rings (SSSR count). The molecule has 9 heteroatoms. The number of pyridine rings is 1. The number of nitrogens with zero attached hydrogens (tertiary/aromatic N) is 4. The molecule has 0 aliphatic carbocycles. The van der Waals surface area contributed by atoms with Crippen LogP contribution in [0.4, 0.5) is 11.5 Å². The predicted octanol–water partition coefficient (Wildman–Crippen LogP) is 3.44. The third-order valence-electron chi connectivity index (χ3n) is 5.94. The minimum atomic E-state index is -0.275. The molecule has 34 heavy (non-hydrogen) atoms. The number of nitrogens with one attached hydrogen (secondary N) is 3. The SMILES string of the molecule is Cc1ccc(NC(=O)c2cn(C(C)(C)C)cn2)cc1-c1cc(N2CCOCC2)n(C=N)c(=N)c1. The Kier molecular flexibility index (Phi) is 6.39. The summed E-state index contributed by atoms with van der Waals surface area (Å²) >= 11 is 0. The lowest BCUT2D eigenvalue weighted by atomic mass is 10.00. The second-order valence-electron chi connectivity index (χ2n) is 9.41. The van der Waals surface area contributed by atoms with Crippen molar-refractivity contribution in [3.8, 4) is 11.1 Å². The van der Waals surface area contributed by atoms with Gasteiger partial charge in [0.05, 0.1) is 25.9 Å². The zero-order chi connectivity index (χ0) is 24.5. The summed E-state index contributed by atoms with van der Waals surface area (Å²) in [6.07, 6.45) is 4.58. The molecule has 0 spiro atoms. The molecule has 1 saturated heterocycles. The number of morpholine rings is 1. The van der Waals surface area contributed by atoms with Gasteiger partial charge >= 0.3 is 0 Å². The van der Waals surface area contributed by atoms with Crippen LogP contribution in [0, 0.1) is 17.7 Å². The van der Waals surface area contributed by atoms with Crippen molar-refractivity contribution < 1.29 is 9.53 Å². The molecule has 0 radical (unpaired) electrons. The van der Waals surface area contributed by atoms with Gasteiger partial charge in [-0.05, 0) is 68.7 Å². The highest BCUT2D eigenvalue weighted by Gasteiger charge is 2.19. The lowest BCUT2D eigenvalue weighted by Crippen LogP contribution is -2.39. The maximum absolute atomic E-state index is 12.8. The summed E-state index contributed by atoms with van der Waals surface area (Å²) in [7, 11) is 0. The number of rotatable bonds is 5. The Hall–Kier alpha value is -3.72. The molecule has 1 aliphatic heterocycles. The zero-order valence-electron chi connectivity index (χ0n) is 20.1. The number of imidazole rings is 1. The van der Waals surface area contributed by atoms with Gasteiger partial charge in [-0.25, -0.2) is 4.98 Å². The highest BCUT2D eigenvalue weighted by molar-refractivity contribution is 6.03. The average molecular weight is 462 g/mol. The quantitative estimate of drug-likeness (QED) is 0.399. The first-order valence-electron chi connectivity index (χ1n) is 11.3. The number of benzene rings is 1. The van der Waals surface area contributed by atoms with E-state index in [1.807, 2.05) is 35.8 Å². The number of carbonyl (C=O) groups excluding carboxylic acids is 1. The lowest BCUT2D eigenvalue weighted by molar-refractivity contribution is 0.102. The Balaban J connectivity index is 1.66. The van der Waals surface area contributed by atoms with Crippen LogP contribution in [0.2, 0.25) is 0 Å². The second-order valence-corrected chi connectivity index (χ2v) is 9.41. The van der Waals surface area contributed by atoms with E-state index in [0.717, 1.165) is 28.8 Å². The summed E-state index contributed by atoms with van der Waals surface area (Å²) in [5, 5.41) is 19.2. The molecule has 1 aromatic carbocycles. The van der Waals surface area contributed by atoms with Gasteiger partial charge < -0.3 is 19.5 Å². The van der Waals surface area contributed by atoms with Gasteiger partial charge in [0.2, 0.25) is 0 Å². The van der Waals surface area contributed by atoms with Crippen molar-refractivity contribution in [3.63, 3.8) is 0 Å². The molecule has 0 unspecified atom stereocenters. The van der Waals surface area contributed by atoms with Crippen LogP contribution in [-0.2, 0) is 10.3 Å². The average Bonchev–Trinajstić information content (AvgIpc) is 3.32. The molecular formula is C25H31N7O2. The summed E-state index contributed by atoms with van der Waals surface area (Å²) < 4.78 is 8.93. The standard InChI is InChI=1S/C25H31N7O2/c1-17-5-6-19(29-24(33)21-14-31(16-28-21)25(2,3)4)13-20(17)18-11-22(27)32(15-26)23(12-18)30-7-9-34-10-8-30/h5-6,11-16,26-27H,7-10H2,1-4H3,(H,29,33). The van der Waals surface area contributed by atoms with Gasteiger partial charge in [-0.1, -0.05) is 6.07 Å². The normalized spacial score (nSPS) is 14.2. The fourth-order valence-corrected chi connectivity index (χ4v) is 3.93. The van der Waals surface area contributed by atoms with Crippen LogP contribution in [0.3, 0.4) is 0 Å². The van der Waals surface area contributed by atoms with Crippen molar-refractivity contribution in [1.29, 1.82) is 10.8 Å². The number of aryl methyl sites for hydroxylation is 1. The summed E-state index contributed by atoms with van der Waals surface area (Å²) in [5.41, 5.74) is 3.86. The number of carbonyl (C=O) groups is 1. The number of hydrogen-bond acceptors (Lipinski definition) is 6. The lowest BCUT2D eigenvalue weighted by Gasteiger charge is -2.30. The Morgan fingerprint density at radius 1 is 1.18 bits per heavy atom. The number of amides is 1. The first-order chi connectivity index (χ1) is 16.2. The van der Waals surface area contributed by atoms with E-state index in [9.17, 15) is 4.79 Å². The first kappa shape index (κ1) is 23.4. The second kappa shape index (κ2) is 9.26. The third-order valence-corrected chi connectivity index (χ3v) is 5.94. The molecule has 3 heterocycles. The van der Waals surface area contributed by atoms with E-state index in [4.69, 9.17) is 15.6 Å². The largest absolute Gasteiger partial charge is 0.378 e. The minimum absolute atomic E-state index is 0.157. The van der Waals surface area contributed by atoms with Crippen LogP contribution >= 0.6 is 0 Å². The summed E-state index contributed by atoms with van der Waals surface area (Å²) in [5.74, 6) is 0.505. The predicted molar refractivity (Wildman–Crippen MR) is 133 cm³/mol. The number of aromatic nitrogens is 3. The van der Waals surface area contributed by atoms with Gasteiger partial charge in [-0.3, -0.25) is 20.2 Å². The molecule has 2 aromatic heterocycles. The molecule has 0 atom stereocenters. The fourth-order valence-electron chi connectivity index (χ4n) is 3.93. The van der Waals surface area contributed by atoms with Crippen molar-refractivity contribution in [3.05, 3.63) is 59.6 Å². The van der Waals surface area contributed by atoms with Crippen LogP contribution in [0.1, 0.15) is 36.8 Å². The van der Waals surface area contributed by atoms with Crippen molar-refractivity contribution in [2.24, 2.45) is 0 Å². The molecule has 9 nitrogen and oxygen atoms in total. The van der Waals surface area contributed by atoms with E-state index in [2.05, 4.69) is 36.0 Å². The molecule has 3 N–H and O–H groups in total. The molecule has 178 valence electrons. The molecule has 1 amide bonds. The van der Waals surface area contributed by atoms with E-state index in [0.29, 0.717) is 37.7 Å². The van der Waals surface area contributed by atoms with Crippen molar-refractivity contribution in [1.82, 2.24) is 14.1 Å². The van der Waals surface area contributed by atoms with Gasteiger partial charge in [0.25, 0.3) is 5.91 Å². The topological polar surface area (TPSA) is 112 Å². The highest BCUT2D eigenvalue weighted by Crippen LogP contribution is 2.29. The fraction of sp³-hybridized carbons (Fsp3) is 0.360. The summed E-state index contributed by atoms with van der Waals surface area (Å²) in [6, 6.07) is 9.47. The summed E-state index contributed by atoms with van der Waals surface area (Å²) in [4.78, 5) is 19.2. The molecule has 3 aromatic rings. The monoisotopic (exact) mass is 461 g/mol. The Labute approximate surface area is 199 Å². The van der Waals surface area contributed by atoms with E-state index >= 15 is 0 Å². The van der Waals surface area contributed by atoms with Crippen molar-refractivity contribution in [2.75, 3.05) is 36.5 Å². The van der Waals surface area contributed by atoms with Gasteiger partial charge in [-0.2, -0.15) is 0 Å². The molecule has 1 aliphatic rings. The Morgan fingerprint density at radius 3 is 2.56 bits per heavy atom. The third kappa shape index (κ3) is 4.79. The van der Waals surface area contributed by atoms with Crippen molar-refractivity contribution >= 4 is 23.8 Å². The van der Waals surface area contributed by atoms with Crippen LogP contribution in [0.25, 0.3) is 11.1 Å². The van der Waals surface area contributed by atoms with Gasteiger partial charge in [0, 0.05) is 30.5 Å². The molecule has 1 fully saturated rings. The molecule has 0 saturated carbocycles. The maximum Gasteiger partial charge on any atom is 0.275 e. The maximum atomic E-state index is 12.8. The van der Waals surface area contributed by atoms with Crippen molar-refractivity contribution in [2.45, 2.75) is 33.2 Å². The number of ether oxygens (including phenoxy) is 1. The van der Waals surface area contributed by atoms with E-state index in [1.54, 1.807) is 23.2 Å². The van der Waals surface area contributed by atoms with Crippen LogP contribution in [0.15, 0.2) is 42.9 Å².